The first-order chi connectivity index (χ1) is 6.66. The highest BCUT2D eigenvalue weighted by Gasteiger charge is 2.12. The average molecular weight is 215 g/mol. The SMILES string of the molecule is CC(N)c1c(F)cccc1SCCO. The van der Waals surface area contributed by atoms with Crippen LogP contribution in [-0.2, 0) is 0 Å². The summed E-state index contributed by atoms with van der Waals surface area (Å²) in [7, 11) is 0. The molecule has 0 saturated carbocycles. The van der Waals surface area contributed by atoms with Gasteiger partial charge < -0.3 is 10.8 Å². The van der Waals surface area contributed by atoms with E-state index in [1.807, 2.05) is 6.07 Å². The fourth-order valence-corrected chi connectivity index (χ4v) is 2.17. The highest BCUT2D eigenvalue weighted by molar-refractivity contribution is 7.99. The van der Waals surface area contributed by atoms with E-state index in [2.05, 4.69) is 0 Å². The number of benzene rings is 1. The molecule has 0 amide bonds. The number of aliphatic hydroxyl groups excluding tert-OH is 1. The Labute approximate surface area is 87.3 Å². The van der Waals surface area contributed by atoms with Crippen LogP contribution in [0.15, 0.2) is 23.1 Å². The molecule has 0 aliphatic rings. The minimum Gasteiger partial charge on any atom is -0.396 e. The summed E-state index contributed by atoms with van der Waals surface area (Å²) in [5.74, 6) is 0.284. The smallest absolute Gasteiger partial charge is 0.129 e. The molecule has 3 N–H and O–H groups in total. The van der Waals surface area contributed by atoms with Crippen molar-refractivity contribution in [3.63, 3.8) is 0 Å². The minimum atomic E-state index is -0.322. The summed E-state index contributed by atoms with van der Waals surface area (Å²) in [6.45, 7) is 1.83. The van der Waals surface area contributed by atoms with E-state index in [0.29, 0.717) is 11.3 Å². The van der Waals surface area contributed by atoms with Gasteiger partial charge in [0.2, 0.25) is 0 Å². The molecule has 0 aromatic heterocycles. The van der Waals surface area contributed by atoms with Gasteiger partial charge in [-0.1, -0.05) is 6.07 Å². The van der Waals surface area contributed by atoms with Gasteiger partial charge in [0.25, 0.3) is 0 Å². The molecule has 2 nitrogen and oxygen atoms in total. The second-order valence-electron chi connectivity index (χ2n) is 3.01. The van der Waals surface area contributed by atoms with Crippen LogP contribution in [0.2, 0.25) is 0 Å². The van der Waals surface area contributed by atoms with E-state index in [0.717, 1.165) is 4.90 Å². The number of nitrogens with two attached hydrogens (primary N) is 1. The van der Waals surface area contributed by atoms with Crippen molar-refractivity contribution in [1.29, 1.82) is 0 Å². The van der Waals surface area contributed by atoms with Gasteiger partial charge >= 0.3 is 0 Å². The zero-order valence-electron chi connectivity index (χ0n) is 8.03. The van der Waals surface area contributed by atoms with Crippen molar-refractivity contribution in [3.8, 4) is 0 Å². The zero-order valence-corrected chi connectivity index (χ0v) is 8.85. The Balaban J connectivity index is 2.96. The van der Waals surface area contributed by atoms with E-state index in [1.54, 1.807) is 13.0 Å². The molecule has 14 heavy (non-hydrogen) atoms. The minimum absolute atomic E-state index is 0.0829. The van der Waals surface area contributed by atoms with Gasteiger partial charge in [0, 0.05) is 22.3 Å². The number of aliphatic hydroxyl groups is 1. The molecule has 4 heteroatoms. The fraction of sp³-hybridized carbons (Fsp3) is 0.400. The number of thioether (sulfide) groups is 1. The third-order valence-corrected chi connectivity index (χ3v) is 2.87. The Hall–Kier alpha value is -0.580. The van der Waals surface area contributed by atoms with Crippen molar-refractivity contribution in [2.75, 3.05) is 12.4 Å². The molecule has 1 atom stereocenters. The maximum atomic E-state index is 13.4. The summed E-state index contributed by atoms with van der Waals surface area (Å²) >= 11 is 1.42. The monoisotopic (exact) mass is 215 g/mol. The van der Waals surface area contributed by atoms with Gasteiger partial charge in [-0.25, -0.2) is 4.39 Å². The Morgan fingerprint density at radius 1 is 1.57 bits per heavy atom. The molecule has 0 aliphatic heterocycles. The fourth-order valence-electron chi connectivity index (χ4n) is 1.24. The van der Waals surface area contributed by atoms with Crippen molar-refractivity contribution >= 4 is 11.8 Å². The van der Waals surface area contributed by atoms with Crippen LogP contribution >= 0.6 is 11.8 Å². The van der Waals surface area contributed by atoms with Gasteiger partial charge in [-0.3, -0.25) is 0 Å². The summed E-state index contributed by atoms with van der Waals surface area (Å²) in [6, 6.07) is 4.56. The van der Waals surface area contributed by atoms with E-state index in [4.69, 9.17) is 10.8 Å². The van der Waals surface area contributed by atoms with Crippen LogP contribution < -0.4 is 5.73 Å². The average Bonchev–Trinajstić information content (AvgIpc) is 2.14. The number of rotatable bonds is 4. The molecular formula is C10H14FNOS. The highest BCUT2D eigenvalue weighted by Crippen LogP contribution is 2.28. The first kappa shape index (κ1) is 11.5. The van der Waals surface area contributed by atoms with Crippen LogP contribution in [-0.4, -0.2) is 17.5 Å². The molecule has 1 aromatic rings. The lowest BCUT2D eigenvalue weighted by atomic mass is 10.1. The molecule has 1 rings (SSSR count). The van der Waals surface area contributed by atoms with Crippen LogP contribution in [0.5, 0.6) is 0 Å². The lowest BCUT2D eigenvalue weighted by molar-refractivity contribution is 0.322. The van der Waals surface area contributed by atoms with Crippen LogP contribution in [0.25, 0.3) is 0 Å². The second kappa shape index (κ2) is 5.34. The largest absolute Gasteiger partial charge is 0.396 e. The van der Waals surface area contributed by atoms with E-state index in [1.165, 1.54) is 17.8 Å². The van der Waals surface area contributed by atoms with Gasteiger partial charge in [-0.2, -0.15) is 0 Å². The summed E-state index contributed by atoms with van der Waals surface area (Å²) in [4.78, 5) is 0.814. The van der Waals surface area contributed by atoms with Gasteiger partial charge in [0.05, 0.1) is 6.61 Å². The molecule has 1 aromatic carbocycles. The molecule has 0 aliphatic carbocycles. The van der Waals surface area contributed by atoms with Crippen LogP contribution in [0.1, 0.15) is 18.5 Å². The Kier molecular flexibility index (Phi) is 4.38. The van der Waals surface area contributed by atoms with E-state index in [9.17, 15) is 4.39 Å². The second-order valence-corrected chi connectivity index (χ2v) is 4.15. The predicted molar refractivity (Wildman–Crippen MR) is 56.8 cm³/mol. The number of halogens is 1. The van der Waals surface area contributed by atoms with E-state index < -0.39 is 0 Å². The molecule has 0 heterocycles. The summed E-state index contributed by atoms with van der Waals surface area (Å²) in [5.41, 5.74) is 6.20. The van der Waals surface area contributed by atoms with Gasteiger partial charge in [0.15, 0.2) is 0 Å². The van der Waals surface area contributed by atoms with E-state index in [-0.39, 0.29) is 18.5 Å². The molecule has 1 unspecified atom stereocenters. The lowest BCUT2D eigenvalue weighted by Crippen LogP contribution is -2.09. The van der Waals surface area contributed by atoms with Crippen LogP contribution in [0, 0.1) is 5.82 Å². The van der Waals surface area contributed by atoms with Crippen molar-refractivity contribution in [2.45, 2.75) is 17.9 Å². The molecule has 0 radical (unpaired) electrons. The quantitative estimate of drug-likeness (QED) is 0.754. The Morgan fingerprint density at radius 2 is 2.29 bits per heavy atom. The van der Waals surface area contributed by atoms with Crippen LogP contribution in [0.4, 0.5) is 4.39 Å². The zero-order chi connectivity index (χ0) is 10.6. The summed E-state index contributed by atoms with van der Waals surface area (Å²) < 4.78 is 13.4. The van der Waals surface area contributed by atoms with Gasteiger partial charge in [0.1, 0.15) is 5.82 Å². The highest BCUT2D eigenvalue weighted by atomic mass is 32.2. The third kappa shape index (κ3) is 2.70. The Morgan fingerprint density at radius 3 is 2.86 bits per heavy atom. The van der Waals surface area contributed by atoms with Crippen molar-refractivity contribution in [3.05, 3.63) is 29.6 Å². The molecule has 78 valence electrons. The van der Waals surface area contributed by atoms with Crippen molar-refractivity contribution in [1.82, 2.24) is 0 Å². The predicted octanol–water partition coefficient (Wildman–Crippen LogP) is 1.93. The third-order valence-electron chi connectivity index (χ3n) is 1.82. The first-order valence-electron chi connectivity index (χ1n) is 4.44. The maximum absolute atomic E-state index is 13.4. The first-order valence-corrected chi connectivity index (χ1v) is 5.43. The molecule has 0 bridgehead atoms. The summed E-state index contributed by atoms with van der Waals surface area (Å²) in [6.07, 6.45) is 0. The summed E-state index contributed by atoms with van der Waals surface area (Å²) in [5, 5.41) is 8.68. The molecule has 0 fully saturated rings. The normalized spacial score (nSPS) is 12.9. The molecular weight excluding hydrogens is 201 g/mol. The number of hydrogen-bond acceptors (Lipinski definition) is 3. The van der Waals surface area contributed by atoms with Crippen LogP contribution in [0.3, 0.4) is 0 Å². The van der Waals surface area contributed by atoms with Crippen molar-refractivity contribution < 1.29 is 9.50 Å². The molecule has 0 saturated heterocycles. The standard InChI is InChI=1S/C10H14FNOS/c1-7(12)10-8(11)3-2-4-9(10)14-6-5-13/h2-4,7,13H,5-6,12H2,1H3. The topological polar surface area (TPSA) is 46.2 Å². The lowest BCUT2D eigenvalue weighted by Gasteiger charge is -2.12. The number of hydrogen-bond donors (Lipinski definition) is 2. The maximum Gasteiger partial charge on any atom is 0.129 e. The van der Waals surface area contributed by atoms with Crippen molar-refractivity contribution in [2.24, 2.45) is 5.73 Å². The van der Waals surface area contributed by atoms with Gasteiger partial charge in [-0.15, -0.1) is 11.8 Å². The Bertz CT molecular complexity index is 304. The van der Waals surface area contributed by atoms with E-state index >= 15 is 0 Å². The molecule has 0 spiro atoms. The van der Waals surface area contributed by atoms with Gasteiger partial charge in [-0.05, 0) is 19.1 Å².